The van der Waals surface area contributed by atoms with E-state index in [4.69, 9.17) is 4.74 Å². The van der Waals surface area contributed by atoms with E-state index in [1.807, 2.05) is 44.2 Å². The number of hydrogen-bond donors (Lipinski definition) is 0. The van der Waals surface area contributed by atoms with Crippen molar-refractivity contribution in [1.82, 2.24) is 4.90 Å². The minimum absolute atomic E-state index is 0.0164. The fourth-order valence-corrected chi connectivity index (χ4v) is 2.50. The summed E-state index contributed by atoms with van der Waals surface area (Å²) < 4.78 is 5.11. The number of hydrogen-bond acceptors (Lipinski definition) is 4. The van der Waals surface area contributed by atoms with Crippen LogP contribution in [0, 0.1) is 16.0 Å². The molecule has 108 valence electrons. The Kier molecular flexibility index (Phi) is 4.22. The van der Waals surface area contributed by atoms with Gasteiger partial charge in [0, 0.05) is 4.92 Å². The minimum Gasteiger partial charge on any atom is -0.447 e. The summed E-state index contributed by atoms with van der Waals surface area (Å²) in [6.45, 7) is 3.73. The molecule has 1 aromatic rings. The van der Waals surface area contributed by atoms with E-state index < -0.39 is 12.1 Å². The largest absolute Gasteiger partial charge is 0.447 e. The lowest BCUT2D eigenvalue weighted by molar-refractivity contribution is -0.487. The molecule has 1 fully saturated rings. The lowest BCUT2D eigenvalue weighted by Crippen LogP contribution is -2.45. The Labute approximate surface area is 117 Å². The second kappa shape index (κ2) is 5.90. The highest BCUT2D eigenvalue weighted by atomic mass is 16.6. The van der Waals surface area contributed by atoms with E-state index in [0.717, 1.165) is 5.56 Å². The van der Waals surface area contributed by atoms with Gasteiger partial charge in [-0.1, -0.05) is 44.2 Å². The minimum atomic E-state index is -0.473. The summed E-state index contributed by atoms with van der Waals surface area (Å²) in [7, 11) is 0. The summed E-state index contributed by atoms with van der Waals surface area (Å²) in [5, 5.41) is 10.8. The number of carbonyl (C=O) groups excluding carboxylic acids is 1. The van der Waals surface area contributed by atoms with Crippen molar-refractivity contribution in [3.05, 3.63) is 46.0 Å². The van der Waals surface area contributed by atoms with Gasteiger partial charge >= 0.3 is 6.09 Å². The molecule has 0 radical (unpaired) electrons. The van der Waals surface area contributed by atoms with Gasteiger partial charge in [0.15, 0.2) is 0 Å². The molecular weight excluding hydrogens is 260 g/mol. The highest BCUT2D eigenvalue weighted by Crippen LogP contribution is 2.31. The maximum Gasteiger partial charge on any atom is 0.410 e. The molecule has 0 spiro atoms. The Bertz CT molecular complexity index is 489. The first-order valence-electron chi connectivity index (χ1n) is 6.62. The molecule has 0 bridgehead atoms. The van der Waals surface area contributed by atoms with Crippen molar-refractivity contribution in [2.24, 2.45) is 5.92 Å². The first kappa shape index (κ1) is 14.3. The molecule has 0 aromatic heterocycles. The van der Waals surface area contributed by atoms with Crippen molar-refractivity contribution in [3.63, 3.8) is 0 Å². The molecule has 2 atom stereocenters. The van der Waals surface area contributed by atoms with Crippen LogP contribution in [0.15, 0.2) is 30.3 Å². The van der Waals surface area contributed by atoms with Crippen molar-refractivity contribution in [1.29, 1.82) is 0 Å². The van der Waals surface area contributed by atoms with Crippen molar-refractivity contribution >= 4 is 6.09 Å². The third kappa shape index (κ3) is 2.89. The molecule has 0 aliphatic carbocycles. The molecule has 0 unspecified atom stereocenters. The number of amides is 1. The Morgan fingerprint density at radius 3 is 2.60 bits per heavy atom. The first-order chi connectivity index (χ1) is 9.50. The third-order valence-electron chi connectivity index (χ3n) is 3.56. The van der Waals surface area contributed by atoms with E-state index in [-0.39, 0.29) is 30.0 Å². The van der Waals surface area contributed by atoms with Gasteiger partial charge in [0.05, 0.1) is 6.04 Å². The van der Waals surface area contributed by atoms with Gasteiger partial charge in [-0.05, 0) is 11.5 Å². The number of nitro groups is 1. The topological polar surface area (TPSA) is 72.7 Å². The van der Waals surface area contributed by atoms with Crippen molar-refractivity contribution < 1.29 is 14.5 Å². The molecule has 0 saturated carbocycles. The Balaban J connectivity index is 2.29. The van der Waals surface area contributed by atoms with Crippen LogP contribution in [0.3, 0.4) is 0 Å². The average molecular weight is 278 g/mol. The summed E-state index contributed by atoms with van der Waals surface area (Å²) in [6, 6.07) is 8.75. The smallest absolute Gasteiger partial charge is 0.410 e. The standard InChI is InChI=1S/C14H18N2O4/c1-10(2)12(8-15(18)19)16-13(9-20-14(16)17)11-6-4-3-5-7-11/h3-7,10,12-13H,8-9H2,1-2H3/t12-,13-/m0/s1. The molecule has 1 aliphatic rings. The maximum absolute atomic E-state index is 12.0. The van der Waals surface area contributed by atoms with Crippen LogP contribution in [-0.4, -0.2) is 35.1 Å². The van der Waals surface area contributed by atoms with Crippen LogP contribution in [0.5, 0.6) is 0 Å². The summed E-state index contributed by atoms with van der Waals surface area (Å²) in [5.41, 5.74) is 0.937. The van der Waals surface area contributed by atoms with Gasteiger partial charge < -0.3 is 4.74 Å². The maximum atomic E-state index is 12.0. The molecule has 6 nitrogen and oxygen atoms in total. The average Bonchev–Trinajstić information content (AvgIpc) is 2.78. The van der Waals surface area contributed by atoms with Gasteiger partial charge in [0.1, 0.15) is 12.6 Å². The normalized spacial score (nSPS) is 20.1. The quantitative estimate of drug-likeness (QED) is 0.612. The number of cyclic esters (lactones) is 1. The Hall–Kier alpha value is -2.11. The molecule has 1 saturated heterocycles. The van der Waals surface area contributed by atoms with Crippen LogP contribution < -0.4 is 0 Å². The zero-order chi connectivity index (χ0) is 14.7. The van der Waals surface area contributed by atoms with Gasteiger partial charge in [-0.15, -0.1) is 0 Å². The molecule has 0 N–H and O–H groups in total. The zero-order valence-electron chi connectivity index (χ0n) is 11.6. The molecule has 1 amide bonds. The lowest BCUT2D eigenvalue weighted by Gasteiger charge is -2.30. The monoisotopic (exact) mass is 278 g/mol. The summed E-state index contributed by atoms with van der Waals surface area (Å²) in [4.78, 5) is 24.0. The van der Waals surface area contributed by atoms with Gasteiger partial charge in [0.25, 0.3) is 0 Å². The molecular formula is C14H18N2O4. The predicted octanol–water partition coefficient (Wildman–Crippen LogP) is 2.48. The molecule has 1 heterocycles. The van der Waals surface area contributed by atoms with Crippen LogP contribution in [0.4, 0.5) is 4.79 Å². The van der Waals surface area contributed by atoms with E-state index in [1.54, 1.807) is 0 Å². The number of benzene rings is 1. The fraction of sp³-hybridized carbons (Fsp3) is 0.500. The number of ether oxygens (including phenoxy) is 1. The highest BCUT2D eigenvalue weighted by Gasteiger charge is 2.42. The van der Waals surface area contributed by atoms with Crippen molar-refractivity contribution in [2.45, 2.75) is 25.9 Å². The van der Waals surface area contributed by atoms with Gasteiger partial charge in [-0.3, -0.25) is 15.0 Å². The summed E-state index contributed by atoms with van der Waals surface area (Å²) in [6.07, 6.45) is -0.473. The molecule has 20 heavy (non-hydrogen) atoms. The third-order valence-corrected chi connectivity index (χ3v) is 3.56. The van der Waals surface area contributed by atoms with E-state index >= 15 is 0 Å². The fourth-order valence-electron chi connectivity index (χ4n) is 2.50. The van der Waals surface area contributed by atoms with Crippen LogP contribution in [0.1, 0.15) is 25.5 Å². The predicted molar refractivity (Wildman–Crippen MR) is 72.9 cm³/mol. The summed E-state index contributed by atoms with van der Waals surface area (Å²) in [5.74, 6) is -0.0164. The van der Waals surface area contributed by atoms with Crippen LogP contribution in [0.2, 0.25) is 0 Å². The number of rotatable bonds is 5. The molecule has 1 aromatic carbocycles. The zero-order valence-corrected chi connectivity index (χ0v) is 11.6. The van der Waals surface area contributed by atoms with Crippen LogP contribution in [-0.2, 0) is 4.74 Å². The van der Waals surface area contributed by atoms with Crippen LogP contribution in [0.25, 0.3) is 0 Å². The molecule has 2 rings (SSSR count). The molecule has 1 aliphatic heterocycles. The van der Waals surface area contributed by atoms with Gasteiger partial charge in [-0.25, -0.2) is 4.79 Å². The van der Waals surface area contributed by atoms with Crippen molar-refractivity contribution in [3.8, 4) is 0 Å². The first-order valence-corrected chi connectivity index (χ1v) is 6.62. The van der Waals surface area contributed by atoms with Gasteiger partial charge in [-0.2, -0.15) is 0 Å². The van der Waals surface area contributed by atoms with E-state index in [2.05, 4.69) is 0 Å². The Morgan fingerprint density at radius 1 is 1.40 bits per heavy atom. The van der Waals surface area contributed by atoms with E-state index in [0.29, 0.717) is 0 Å². The van der Waals surface area contributed by atoms with E-state index in [1.165, 1.54) is 4.90 Å². The number of carbonyl (C=O) groups is 1. The number of nitrogens with zero attached hydrogens (tertiary/aromatic N) is 2. The molecule has 6 heteroatoms. The van der Waals surface area contributed by atoms with Gasteiger partial charge in [0.2, 0.25) is 6.54 Å². The van der Waals surface area contributed by atoms with Crippen molar-refractivity contribution in [2.75, 3.05) is 13.2 Å². The summed E-state index contributed by atoms with van der Waals surface area (Å²) >= 11 is 0. The highest BCUT2D eigenvalue weighted by molar-refractivity contribution is 5.71. The Morgan fingerprint density at radius 2 is 2.05 bits per heavy atom. The second-order valence-corrected chi connectivity index (χ2v) is 5.24. The SMILES string of the molecule is CC(C)[C@H](C[N+](=O)[O-])N1C(=O)OC[C@H]1c1ccccc1. The van der Waals surface area contributed by atoms with E-state index in [9.17, 15) is 14.9 Å². The lowest BCUT2D eigenvalue weighted by atomic mass is 9.99. The van der Waals surface area contributed by atoms with Crippen LogP contribution >= 0.6 is 0 Å². The second-order valence-electron chi connectivity index (χ2n) is 5.24.